The molecule has 0 saturated carbocycles. The van der Waals surface area contributed by atoms with Crippen LogP contribution >= 0.6 is 0 Å². The molecule has 0 aliphatic heterocycles. The highest BCUT2D eigenvalue weighted by Gasteiger charge is 2.16. The molecule has 0 fully saturated rings. The van der Waals surface area contributed by atoms with Crippen LogP contribution in [0.4, 0.5) is 0 Å². The topological polar surface area (TPSA) is 55.1 Å². The first-order chi connectivity index (χ1) is 6.36. The number of hydrogen-bond acceptors (Lipinski definition) is 3. The fourth-order valence-corrected chi connectivity index (χ4v) is 1.32. The van der Waals surface area contributed by atoms with E-state index < -0.39 is 0 Å². The van der Waals surface area contributed by atoms with E-state index in [1.165, 1.54) is 12.6 Å². The predicted octanol–water partition coefficient (Wildman–Crippen LogP) is 1.12. The SMILES string of the molecule is O=C(NC1CC=CC1)c1cnco1. The van der Waals surface area contributed by atoms with Gasteiger partial charge in [-0.1, -0.05) is 12.2 Å². The number of nitrogens with one attached hydrogen (secondary N) is 1. The molecule has 68 valence electrons. The molecule has 4 heteroatoms. The summed E-state index contributed by atoms with van der Waals surface area (Å²) in [4.78, 5) is 15.1. The fourth-order valence-electron chi connectivity index (χ4n) is 1.32. The number of carbonyl (C=O) groups excluding carboxylic acids is 1. The molecule has 1 aliphatic carbocycles. The van der Waals surface area contributed by atoms with E-state index in [2.05, 4.69) is 22.5 Å². The number of carbonyl (C=O) groups is 1. The summed E-state index contributed by atoms with van der Waals surface area (Å²) in [6.07, 6.45) is 8.59. The number of rotatable bonds is 2. The van der Waals surface area contributed by atoms with Crippen LogP contribution in [0.3, 0.4) is 0 Å². The molecule has 0 aromatic carbocycles. The molecule has 2 rings (SSSR count). The first kappa shape index (κ1) is 8.04. The quantitative estimate of drug-likeness (QED) is 0.690. The standard InChI is InChI=1S/C9H10N2O2/c12-9(8-5-10-6-13-8)11-7-3-1-2-4-7/h1-2,5-7H,3-4H2,(H,11,12). The Morgan fingerprint density at radius 3 is 2.92 bits per heavy atom. The van der Waals surface area contributed by atoms with E-state index in [0.29, 0.717) is 0 Å². The van der Waals surface area contributed by atoms with Crippen molar-refractivity contribution in [2.75, 3.05) is 0 Å². The highest BCUT2D eigenvalue weighted by Crippen LogP contribution is 2.10. The van der Waals surface area contributed by atoms with Gasteiger partial charge in [0, 0.05) is 6.04 Å². The summed E-state index contributed by atoms with van der Waals surface area (Å²) in [6, 6.07) is 0.220. The van der Waals surface area contributed by atoms with Crippen molar-refractivity contribution in [3.05, 3.63) is 30.5 Å². The monoisotopic (exact) mass is 178 g/mol. The van der Waals surface area contributed by atoms with Crippen LogP contribution in [0.2, 0.25) is 0 Å². The second-order valence-corrected chi connectivity index (χ2v) is 2.98. The molecule has 0 spiro atoms. The number of hydrogen-bond donors (Lipinski definition) is 1. The number of aromatic nitrogens is 1. The van der Waals surface area contributed by atoms with Gasteiger partial charge in [-0.3, -0.25) is 4.79 Å². The van der Waals surface area contributed by atoms with Gasteiger partial charge in [-0.15, -0.1) is 0 Å². The third-order valence-corrected chi connectivity index (χ3v) is 2.00. The van der Waals surface area contributed by atoms with Crippen molar-refractivity contribution in [3.63, 3.8) is 0 Å². The zero-order valence-electron chi connectivity index (χ0n) is 7.06. The molecular formula is C9H10N2O2. The fraction of sp³-hybridized carbons (Fsp3) is 0.333. The van der Waals surface area contributed by atoms with Gasteiger partial charge >= 0.3 is 0 Å². The van der Waals surface area contributed by atoms with E-state index in [0.717, 1.165) is 12.8 Å². The maximum absolute atomic E-state index is 11.4. The first-order valence-electron chi connectivity index (χ1n) is 4.20. The Hall–Kier alpha value is -1.58. The Balaban J connectivity index is 1.92. The minimum Gasteiger partial charge on any atom is -0.438 e. The molecule has 13 heavy (non-hydrogen) atoms. The van der Waals surface area contributed by atoms with Gasteiger partial charge in [-0.25, -0.2) is 4.98 Å². The molecule has 1 N–H and O–H groups in total. The molecule has 0 bridgehead atoms. The average molecular weight is 178 g/mol. The predicted molar refractivity (Wildman–Crippen MR) is 46.1 cm³/mol. The van der Waals surface area contributed by atoms with Crippen molar-refractivity contribution >= 4 is 5.91 Å². The second kappa shape index (κ2) is 3.43. The van der Waals surface area contributed by atoms with Crippen LogP contribution in [0.15, 0.2) is 29.2 Å². The van der Waals surface area contributed by atoms with Crippen LogP contribution in [-0.2, 0) is 0 Å². The molecule has 1 heterocycles. The lowest BCUT2D eigenvalue weighted by Gasteiger charge is -2.09. The first-order valence-corrected chi connectivity index (χ1v) is 4.20. The van der Waals surface area contributed by atoms with E-state index in [-0.39, 0.29) is 17.7 Å². The van der Waals surface area contributed by atoms with Crippen molar-refractivity contribution in [3.8, 4) is 0 Å². The van der Waals surface area contributed by atoms with E-state index in [9.17, 15) is 4.79 Å². The van der Waals surface area contributed by atoms with Crippen LogP contribution in [-0.4, -0.2) is 16.9 Å². The van der Waals surface area contributed by atoms with Crippen molar-refractivity contribution in [1.82, 2.24) is 10.3 Å². The third-order valence-electron chi connectivity index (χ3n) is 2.00. The average Bonchev–Trinajstić information content (AvgIpc) is 2.74. The van der Waals surface area contributed by atoms with Crippen LogP contribution in [0.25, 0.3) is 0 Å². The highest BCUT2D eigenvalue weighted by atomic mass is 16.3. The van der Waals surface area contributed by atoms with E-state index >= 15 is 0 Å². The minimum atomic E-state index is -0.189. The summed E-state index contributed by atoms with van der Waals surface area (Å²) >= 11 is 0. The summed E-state index contributed by atoms with van der Waals surface area (Å²) in [7, 11) is 0. The van der Waals surface area contributed by atoms with Crippen molar-refractivity contribution in [2.24, 2.45) is 0 Å². The van der Waals surface area contributed by atoms with Crippen LogP contribution < -0.4 is 5.32 Å². The smallest absolute Gasteiger partial charge is 0.288 e. The molecular weight excluding hydrogens is 168 g/mol. The molecule has 0 saturated heterocycles. The van der Waals surface area contributed by atoms with E-state index in [1.807, 2.05) is 0 Å². The number of oxazole rings is 1. The summed E-state index contributed by atoms with van der Waals surface area (Å²) in [6.45, 7) is 0. The molecule has 4 nitrogen and oxygen atoms in total. The molecule has 0 unspecified atom stereocenters. The third kappa shape index (κ3) is 1.77. The summed E-state index contributed by atoms with van der Waals surface area (Å²) in [5, 5.41) is 2.85. The Kier molecular flexibility index (Phi) is 2.12. The van der Waals surface area contributed by atoms with Gasteiger partial charge in [-0.2, -0.15) is 0 Å². The zero-order valence-corrected chi connectivity index (χ0v) is 7.06. The maximum Gasteiger partial charge on any atom is 0.288 e. The van der Waals surface area contributed by atoms with Gasteiger partial charge in [0.25, 0.3) is 5.91 Å². The van der Waals surface area contributed by atoms with Crippen molar-refractivity contribution in [1.29, 1.82) is 0 Å². The molecule has 1 amide bonds. The van der Waals surface area contributed by atoms with E-state index in [1.54, 1.807) is 0 Å². The van der Waals surface area contributed by atoms with Gasteiger partial charge in [0.05, 0.1) is 6.20 Å². The Bertz CT molecular complexity index is 308. The largest absolute Gasteiger partial charge is 0.438 e. The lowest BCUT2D eigenvalue weighted by Crippen LogP contribution is -2.32. The van der Waals surface area contributed by atoms with Gasteiger partial charge in [0.15, 0.2) is 6.39 Å². The number of amides is 1. The lowest BCUT2D eigenvalue weighted by atomic mass is 10.2. The van der Waals surface area contributed by atoms with Gasteiger partial charge in [0.1, 0.15) is 0 Å². The van der Waals surface area contributed by atoms with Gasteiger partial charge < -0.3 is 9.73 Å². The Labute approximate surface area is 75.7 Å². The summed E-state index contributed by atoms with van der Waals surface area (Å²) in [5.41, 5.74) is 0. The normalized spacial score (nSPS) is 16.3. The summed E-state index contributed by atoms with van der Waals surface area (Å²) in [5.74, 6) is 0.0816. The van der Waals surface area contributed by atoms with Gasteiger partial charge in [-0.05, 0) is 12.8 Å². The van der Waals surface area contributed by atoms with E-state index in [4.69, 9.17) is 4.42 Å². The summed E-state index contributed by atoms with van der Waals surface area (Å²) < 4.78 is 4.86. The van der Waals surface area contributed by atoms with Gasteiger partial charge in [0.2, 0.25) is 5.76 Å². The molecule has 1 aromatic heterocycles. The second-order valence-electron chi connectivity index (χ2n) is 2.98. The maximum atomic E-state index is 11.4. The van der Waals surface area contributed by atoms with Crippen LogP contribution in [0.5, 0.6) is 0 Å². The Morgan fingerprint density at radius 2 is 2.31 bits per heavy atom. The highest BCUT2D eigenvalue weighted by molar-refractivity contribution is 5.91. The van der Waals surface area contributed by atoms with Crippen molar-refractivity contribution in [2.45, 2.75) is 18.9 Å². The molecule has 1 aliphatic rings. The minimum absolute atomic E-state index is 0.189. The number of nitrogens with zero attached hydrogens (tertiary/aromatic N) is 1. The zero-order chi connectivity index (χ0) is 9.10. The Morgan fingerprint density at radius 1 is 1.54 bits per heavy atom. The lowest BCUT2D eigenvalue weighted by molar-refractivity contribution is 0.0911. The molecule has 1 aromatic rings. The van der Waals surface area contributed by atoms with Crippen LogP contribution in [0, 0.1) is 0 Å². The van der Waals surface area contributed by atoms with Crippen LogP contribution in [0.1, 0.15) is 23.4 Å². The molecule has 0 radical (unpaired) electrons. The molecule has 0 atom stereocenters. The van der Waals surface area contributed by atoms with Crippen molar-refractivity contribution < 1.29 is 9.21 Å².